The second kappa shape index (κ2) is 5.96. The Morgan fingerprint density at radius 3 is 2.32 bits per heavy atom. The van der Waals surface area contributed by atoms with Gasteiger partial charge in [-0.25, -0.2) is 14.2 Å². The normalized spacial score (nSPS) is 12.5. The minimum atomic E-state index is -0.543. The summed E-state index contributed by atoms with van der Waals surface area (Å²) in [7, 11) is 0. The van der Waals surface area contributed by atoms with Gasteiger partial charge in [-0.1, -0.05) is 33.6 Å². The van der Waals surface area contributed by atoms with E-state index in [-0.39, 0.29) is 5.82 Å². The van der Waals surface area contributed by atoms with E-state index in [0.29, 0.717) is 20.6 Å². The van der Waals surface area contributed by atoms with Gasteiger partial charge in [0.1, 0.15) is 11.6 Å². The predicted molar refractivity (Wildman–Crippen MR) is 74.7 cm³/mol. The Balaban J connectivity index is 2.52. The van der Waals surface area contributed by atoms with Crippen molar-refractivity contribution in [3.8, 4) is 0 Å². The van der Waals surface area contributed by atoms with Crippen molar-refractivity contribution in [2.75, 3.05) is 0 Å². The zero-order chi connectivity index (χ0) is 14.0. The number of nitrogens with one attached hydrogen (secondary N) is 1. The topological polar surface area (TPSA) is 38.0 Å². The van der Waals surface area contributed by atoms with Crippen molar-refractivity contribution < 1.29 is 8.78 Å². The molecule has 0 radical (unpaired) electrons. The summed E-state index contributed by atoms with van der Waals surface area (Å²) in [6, 6.07) is 7.64. The van der Waals surface area contributed by atoms with E-state index in [1.165, 1.54) is 30.3 Å². The molecule has 0 amide bonds. The van der Waals surface area contributed by atoms with Crippen molar-refractivity contribution in [3.05, 3.63) is 68.7 Å². The molecule has 0 bridgehead atoms. The number of halogens is 4. The number of benzene rings is 2. The number of nitrogens with two attached hydrogens (primary N) is 1. The highest BCUT2D eigenvalue weighted by Gasteiger charge is 2.19. The Labute approximate surface area is 122 Å². The van der Waals surface area contributed by atoms with E-state index in [2.05, 4.69) is 21.4 Å². The van der Waals surface area contributed by atoms with Gasteiger partial charge < -0.3 is 0 Å². The van der Waals surface area contributed by atoms with Crippen LogP contribution >= 0.6 is 27.5 Å². The van der Waals surface area contributed by atoms with Gasteiger partial charge in [-0.2, -0.15) is 0 Å². The third kappa shape index (κ3) is 3.12. The maximum atomic E-state index is 13.3. The van der Waals surface area contributed by atoms with Crippen LogP contribution in [0.15, 0.2) is 40.9 Å². The molecule has 0 spiro atoms. The molecule has 2 rings (SSSR count). The van der Waals surface area contributed by atoms with Crippen molar-refractivity contribution in [3.63, 3.8) is 0 Å². The summed E-state index contributed by atoms with van der Waals surface area (Å²) >= 11 is 9.31. The van der Waals surface area contributed by atoms with E-state index in [0.717, 1.165) is 0 Å². The molecule has 6 heteroatoms. The lowest BCUT2D eigenvalue weighted by Gasteiger charge is -2.19. The molecular formula is C13H10BrClF2N2. The predicted octanol–water partition coefficient (Wildman–Crippen LogP) is 3.93. The fraction of sp³-hybridized carbons (Fsp3) is 0.0769. The fourth-order valence-electron chi connectivity index (χ4n) is 1.82. The first-order valence-corrected chi connectivity index (χ1v) is 6.56. The lowest BCUT2D eigenvalue weighted by Crippen LogP contribution is -2.29. The zero-order valence-electron chi connectivity index (χ0n) is 9.63. The number of hydrazine groups is 1. The first kappa shape index (κ1) is 14.4. The standard InChI is InChI=1S/C13H10BrClF2N2/c14-11-6-8(17)1-3-9(11)13(19-18)10-5-7(16)2-4-12(10)15/h1-6,13,19H,18H2. The van der Waals surface area contributed by atoms with Gasteiger partial charge in [-0.05, 0) is 41.5 Å². The van der Waals surface area contributed by atoms with E-state index in [1.807, 2.05) is 0 Å². The molecule has 0 saturated heterocycles. The molecule has 0 aliphatic rings. The lowest BCUT2D eigenvalue weighted by atomic mass is 9.99. The van der Waals surface area contributed by atoms with Crippen LogP contribution in [0.2, 0.25) is 5.02 Å². The molecule has 0 aromatic heterocycles. The Morgan fingerprint density at radius 2 is 1.68 bits per heavy atom. The van der Waals surface area contributed by atoms with Crippen LogP contribution in [-0.2, 0) is 0 Å². The Kier molecular flexibility index (Phi) is 4.52. The van der Waals surface area contributed by atoms with Crippen LogP contribution in [0.1, 0.15) is 17.2 Å². The molecule has 0 heterocycles. The summed E-state index contributed by atoms with van der Waals surface area (Å²) in [6.45, 7) is 0. The van der Waals surface area contributed by atoms with E-state index < -0.39 is 11.9 Å². The quantitative estimate of drug-likeness (QED) is 0.652. The minimum absolute atomic E-state index is 0.376. The third-order valence-electron chi connectivity index (χ3n) is 2.71. The molecule has 0 aliphatic carbocycles. The SMILES string of the molecule is NNC(c1cc(F)ccc1Cl)c1ccc(F)cc1Br. The van der Waals surface area contributed by atoms with Gasteiger partial charge in [0.15, 0.2) is 0 Å². The van der Waals surface area contributed by atoms with E-state index in [9.17, 15) is 8.78 Å². The summed E-state index contributed by atoms with van der Waals surface area (Å²) in [5.41, 5.74) is 3.71. The molecule has 1 unspecified atom stereocenters. The van der Waals surface area contributed by atoms with Crippen LogP contribution in [0.4, 0.5) is 8.78 Å². The molecule has 100 valence electrons. The molecule has 2 aromatic carbocycles. The summed E-state index contributed by atoms with van der Waals surface area (Å²) in [5, 5.41) is 0.376. The van der Waals surface area contributed by atoms with Crippen molar-refractivity contribution >= 4 is 27.5 Å². The van der Waals surface area contributed by atoms with Gasteiger partial charge in [-0.3, -0.25) is 5.84 Å². The third-order valence-corrected chi connectivity index (χ3v) is 3.74. The molecule has 19 heavy (non-hydrogen) atoms. The highest BCUT2D eigenvalue weighted by molar-refractivity contribution is 9.10. The Morgan fingerprint density at radius 1 is 1.05 bits per heavy atom. The van der Waals surface area contributed by atoms with Crippen molar-refractivity contribution in [1.29, 1.82) is 0 Å². The first-order valence-electron chi connectivity index (χ1n) is 5.39. The summed E-state index contributed by atoms with van der Waals surface area (Å²) in [6.07, 6.45) is 0. The molecule has 3 N–H and O–H groups in total. The van der Waals surface area contributed by atoms with Gasteiger partial charge in [0, 0.05) is 9.50 Å². The van der Waals surface area contributed by atoms with E-state index >= 15 is 0 Å². The van der Waals surface area contributed by atoms with Crippen LogP contribution in [0, 0.1) is 11.6 Å². The summed E-state index contributed by atoms with van der Waals surface area (Å²) < 4.78 is 26.9. The van der Waals surface area contributed by atoms with Crippen LogP contribution in [0.5, 0.6) is 0 Å². The van der Waals surface area contributed by atoms with Gasteiger partial charge in [0.25, 0.3) is 0 Å². The molecule has 0 aliphatic heterocycles. The highest BCUT2D eigenvalue weighted by Crippen LogP contribution is 2.32. The average Bonchev–Trinajstić information content (AvgIpc) is 2.36. The minimum Gasteiger partial charge on any atom is -0.271 e. The van der Waals surface area contributed by atoms with Crippen molar-refractivity contribution in [2.24, 2.45) is 5.84 Å². The van der Waals surface area contributed by atoms with Crippen molar-refractivity contribution in [1.82, 2.24) is 5.43 Å². The Hall–Kier alpha value is -1.01. The number of hydrogen-bond donors (Lipinski definition) is 2. The fourth-order valence-corrected chi connectivity index (χ4v) is 2.62. The van der Waals surface area contributed by atoms with Crippen LogP contribution in [-0.4, -0.2) is 0 Å². The van der Waals surface area contributed by atoms with Crippen molar-refractivity contribution in [2.45, 2.75) is 6.04 Å². The smallest absolute Gasteiger partial charge is 0.124 e. The summed E-state index contributed by atoms with van der Waals surface area (Å²) in [4.78, 5) is 0. The van der Waals surface area contributed by atoms with Crippen LogP contribution < -0.4 is 11.3 Å². The lowest BCUT2D eigenvalue weighted by molar-refractivity contribution is 0.599. The largest absolute Gasteiger partial charge is 0.271 e. The maximum Gasteiger partial charge on any atom is 0.124 e. The van der Waals surface area contributed by atoms with Gasteiger partial charge in [0.2, 0.25) is 0 Å². The molecule has 2 aromatic rings. The zero-order valence-corrected chi connectivity index (χ0v) is 12.0. The molecule has 0 saturated carbocycles. The number of hydrogen-bond acceptors (Lipinski definition) is 2. The Bertz CT molecular complexity index is 607. The second-order valence-corrected chi connectivity index (χ2v) is 5.19. The monoisotopic (exact) mass is 346 g/mol. The van der Waals surface area contributed by atoms with E-state index in [1.54, 1.807) is 6.07 Å². The van der Waals surface area contributed by atoms with Gasteiger partial charge in [0.05, 0.1) is 6.04 Å². The van der Waals surface area contributed by atoms with Crippen LogP contribution in [0.3, 0.4) is 0 Å². The van der Waals surface area contributed by atoms with Crippen LogP contribution in [0.25, 0.3) is 0 Å². The average molecular weight is 348 g/mol. The van der Waals surface area contributed by atoms with Gasteiger partial charge >= 0.3 is 0 Å². The maximum absolute atomic E-state index is 13.3. The van der Waals surface area contributed by atoms with E-state index in [4.69, 9.17) is 17.4 Å². The van der Waals surface area contributed by atoms with Gasteiger partial charge in [-0.15, -0.1) is 0 Å². The summed E-state index contributed by atoms with van der Waals surface area (Å²) in [5.74, 6) is 4.72. The molecule has 0 fully saturated rings. The molecule has 1 atom stereocenters. The highest BCUT2D eigenvalue weighted by atomic mass is 79.9. The second-order valence-electron chi connectivity index (χ2n) is 3.93. The molecular weight excluding hydrogens is 338 g/mol. The first-order chi connectivity index (χ1) is 9.02. The number of rotatable bonds is 3. The molecule has 2 nitrogen and oxygen atoms in total.